The van der Waals surface area contributed by atoms with Crippen LogP contribution in [0.1, 0.15) is 39.0 Å². The smallest absolute Gasteiger partial charge is 0.311 e. The number of Topliss-reactive ketones (excluding diaryl/α,β-unsaturated/α-hetero) is 1. The Morgan fingerprint density at radius 3 is 3.00 bits per heavy atom. The van der Waals surface area contributed by atoms with E-state index >= 15 is 0 Å². The van der Waals surface area contributed by atoms with Crippen LogP contribution in [0.25, 0.3) is 0 Å². The molecule has 1 saturated heterocycles. The first-order chi connectivity index (χ1) is 9.56. The van der Waals surface area contributed by atoms with Crippen LogP contribution >= 0.6 is 0 Å². The fraction of sp³-hybridized carbons (Fsp3) is 0.643. The Kier molecular flexibility index (Phi) is 5.90. The molecule has 6 heteroatoms. The molecule has 0 saturated carbocycles. The van der Waals surface area contributed by atoms with Crippen LogP contribution in [0.3, 0.4) is 0 Å². The second-order valence-corrected chi connectivity index (χ2v) is 7.04. The van der Waals surface area contributed by atoms with Crippen molar-refractivity contribution in [3.63, 3.8) is 0 Å². The minimum atomic E-state index is -1.21. The average molecular weight is 295 g/mol. The molecule has 20 heavy (non-hydrogen) atoms. The summed E-state index contributed by atoms with van der Waals surface area (Å²) in [5, 5.41) is 10.2. The summed E-state index contributed by atoms with van der Waals surface area (Å²) >= 11 is -1.21. The molecule has 0 aromatic rings. The summed E-state index contributed by atoms with van der Waals surface area (Å²) in [6.07, 6.45) is 10.5. The quantitative estimate of drug-likeness (QED) is 0.599. The van der Waals surface area contributed by atoms with Crippen molar-refractivity contribution in [2.75, 3.05) is 0 Å². The highest BCUT2D eigenvalue weighted by Gasteiger charge is 2.36. The Hall–Kier alpha value is -0.555. The number of carbonyl (C=O) groups is 1. The molecule has 2 N–H and O–H groups in total. The third kappa shape index (κ3) is 4.48. The van der Waals surface area contributed by atoms with Crippen LogP contribution in [0.5, 0.6) is 0 Å². The van der Waals surface area contributed by atoms with Crippen LogP contribution in [-0.4, -0.2) is 28.2 Å². The third-order valence-corrected chi connectivity index (χ3v) is 5.31. The number of hydrogen-bond donors (Lipinski definition) is 2. The zero-order valence-electron chi connectivity index (χ0n) is 11.9. The van der Waals surface area contributed by atoms with E-state index in [1.54, 1.807) is 6.92 Å². The van der Waals surface area contributed by atoms with Crippen molar-refractivity contribution in [1.29, 1.82) is 0 Å². The first kappa shape index (κ1) is 15.8. The second kappa shape index (κ2) is 7.45. The minimum Gasteiger partial charge on any atom is -0.593 e. The summed E-state index contributed by atoms with van der Waals surface area (Å²) in [7, 11) is 0. The SMILES string of the molecule is CC(=O)C[C@@H]1CCC(N[S+]([O-])C2=CC=CCC2)B(O)C1. The fourth-order valence-electron chi connectivity index (χ4n) is 2.91. The minimum absolute atomic E-state index is 0.133. The van der Waals surface area contributed by atoms with E-state index in [0.29, 0.717) is 12.7 Å². The van der Waals surface area contributed by atoms with Crippen molar-refractivity contribution in [1.82, 2.24) is 4.72 Å². The Morgan fingerprint density at radius 2 is 2.40 bits per heavy atom. The number of nitrogens with one attached hydrogen (secondary N) is 1. The van der Waals surface area contributed by atoms with Gasteiger partial charge in [-0.15, -0.1) is 4.72 Å². The number of ketones is 1. The highest BCUT2D eigenvalue weighted by molar-refractivity contribution is 7.93. The molecular weight excluding hydrogens is 273 g/mol. The molecule has 1 heterocycles. The van der Waals surface area contributed by atoms with Gasteiger partial charge in [-0.05, 0) is 44.5 Å². The zero-order chi connectivity index (χ0) is 14.5. The summed E-state index contributed by atoms with van der Waals surface area (Å²) in [6.45, 7) is 1.08. The van der Waals surface area contributed by atoms with Gasteiger partial charge in [0.25, 0.3) is 0 Å². The number of allylic oxidation sites excluding steroid dienone is 4. The van der Waals surface area contributed by atoms with E-state index in [0.717, 1.165) is 30.6 Å². The normalized spacial score (nSPS) is 28.1. The molecule has 0 amide bonds. The van der Waals surface area contributed by atoms with Gasteiger partial charge in [-0.3, -0.25) is 0 Å². The molecule has 1 aliphatic heterocycles. The molecule has 0 spiro atoms. The largest absolute Gasteiger partial charge is 0.593 e. The van der Waals surface area contributed by atoms with Gasteiger partial charge in [0.1, 0.15) is 5.78 Å². The fourth-order valence-corrected chi connectivity index (χ4v) is 4.12. The van der Waals surface area contributed by atoms with Crippen LogP contribution in [0, 0.1) is 5.92 Å². The molecule has 0 aromatic heterocycles. The van der Waals surface area contributed by atoms with Crippen LogP contribution in [0.15, 0.2) is 23.1 Å². The molecule has 0 bridgehead atoms. The van der Waals surface area contributed by atoms with Crippen molar-refractivity contribution >= 4 is 24.1 Å². The summed E-state index contributed by atoms with van der Waals surface area (Å²) < 4.78 is 15.3. The Morgan fingerprint density at radius 1 is 1.60 bits per heavy atom. The summed E-state index contributed by atoms with van der Waals surface area (Å²) in [5.74, 6) is 0.313. The predicted octanol–water partition coefficient (Wildman–Crippen LogP) is 1.75. The van der Waals surface area contributed by atoms with E-state index < -0.39 is 18.3 Å². The molecular formula is C14H22BNO3S. The van der Waals surface area contributed by atoms with Crippen molar-refractivity contribution in [3.05, 3.63) is 23.1 Å². The molecule has 110 valence electrons. The van der Waals surface area contributed by atoms with Gasteiger partial charge in [0.05, 0.1) is 17.3 Å². The van der Waals surface area contributed by atoms with Crippen LogP contribution in [0.2, 0.25) is 6.32 Å². The Bertz CT molecular complexity index is 413. The molecule has 1 fully saturated rings. The van der Waals surface area contributed by atoms with E-state index in [4.69, 9.17) is 0 Å². The molecule has 2 unspecified atom stereocenters. The van der Waals surface area contributed by atoms with Gasteiger partial charge in [0, 0.05) is 12.8 Å². The van der Waals surface area contributed by atoms with E-state index in [-0.39, 0.29) is 17.6 Å². The predicted molar refractivity (Wildman–Crippen MR) is 82.3 cm³/mol. The lowest BCUT2D eigenvalue weighted by atomic mass is 9.49. The maximum atomic E-state index is 12.2. The highest BCUT2D eigenvalue weighted by atomic mass is 32.2. The van der Waals surface area contributed by atoms with Gasteiger partial charge >= 0.3 is 6.92 Å². The Balaban J connectivity index is 1.83. The molecule has 4 nitrogen and oxygen atoms in total. The molecule has 1 aliphatic carbocycles. The monoisotopic (exact) mass is 295 g/mol. The van der Waals surface area contributed by atoms with Gasteiger partial charge in [0.2, 0.25) is 0 Å². The second-order valence-electron chi connectivity index (χ2n) is 5.75. The van der Waals surface area contributed by atoms with E-state index in [9.17, 15) is 14.4 Å². The van der Waals surface area contributed by atoms with E-state index in [1.165, 1.54) is 0 Å². The number of carbonyl (C=O) groups excluding carboxylic acids is 1. The maximum absolute atomic E-state index is 12.2. The van der Waals surface area contributed by atoms with Gasteiger partial charge < -0.3 is 14.4 Å². The third-order valence-electron chi connectivity index (χ3n) is 3.97. The van der Waals surface area contributed by atoms with Gasteiger partial charge in [-0.2, -0.15) is 0 Å². The first-order valence-electron chi connectivity index (χ1n) is 7.27. The van der Waals surface area contributed by atoms with Crippen molar-refractivity contribution < 1.29 is 14.4 Å². The van der Waals surface area contributed by atoms with Crippen LogP contribution in [-0.2, 0) is 16.2 Å². The zero-order valence-corrected chi connectivity index (χ0v) is 12.7. The highest BCUT2D eigenvalue weighted by Crippen LogP contribution is 2.28. The lowest BCUT2D eigenvalue weighted by Gasteiger charge is -2.31. The summed E-state index contributed by atoms with van der Waals surface area (Å²) in [4.78, 5) is 12.0. The number of rotatable bonds is 5. The first-order valence-corrected chi connectivity index (χ1v) is 8.42. The average Bonchev–Trinajstić information content (AvgIpc) is 2.42. The molecule has 0 aromatic carbocycles. The van der Waals surface area contributed by atoms with Crippen molar-refractivity contribution in [2.24, 2.45) is 5.92 Å². The topological polar surface area (TPSA) is 72.4 Å². The standard InChI is InChI=1S/C14H22BNO3S/c1-11(17)9-12-7-8-14(15(18)10-12)16-20(19)13-5-3-2-4-6-13/h2-3,5,12,14,16,18H,4,6-10H2,1H3/t12-,14?,20?/m0/s1. The van der Waals surface area contributed by atoms with Gasteiger partial charge in [-0.25, -0.2) is 0 Å². The summed E-state index contributed by atoms with van der Waals surface area (Å²) in [5.41, 5.74) is 0. The maximum Gasteiger partial charge on any atom is 0.311 e. The van der Waals surface area contributed by atoms with E-state index in [2.05, 4.69) is 10.8 Å². The lowest BCUT2D eigenvalue weighted by Crippen LogP contribution is -2.49. The van der Waals surface area contributed by atoms with Crippen LogP contribution < -0.4 is 4.72 Å². The van der Waals surface area contributed by atoms with Crippen molar-refractivity contribution in [3.8, 4) is 0 Å². The summed E-state index contributed by atoms with van der Waals surface area (Å²) in [6, 6.07) is 0. The Labute approximate surface area is 124 Å². The van der Waals surface area contributed by atoms with Gasteiger partial charge in [-0.1, -0.05) is 12.2 Å². The molecule has 2 aliphatic rings. The van der Waals surface area contributed by atoms with E-state index in [1.807, 2.05) is 12.2 Å². The molecule has 0 radical (unpaired) electrons. The number of hydrogen-bond acceptors (Lipinski definition) is 4. The molecule has 3 atom stereocenters. The lowest BCUT2D eigenvalue weighted by molar-refractivity contribution is -0.117. The molecule has 2 rings (SSSR count). The van der Waals surface area contributed by atoms with Crippen molar-refractivity contribution in [2.45, 2.75) is 51.3 Å². The van der Waals surface area contributed by atoms with Crippen LogP contribution in [0.4, 0.5) is 0 Å². The van der Waals surface area contributed by atoms with Gasteiger partial charge in [0.15, 0.2) is 4.91 Å².